The zero-order valence-corrected chi connectivity index (χ0v) is 7.18. The zero-order chi connectivity index (χ0) is 8.27. The second kappa shape index (κ2) is 3.86. The molecule has 64 valence electrons. The predicted octanol–water partition coefficient (Wildman–Crippen LogP) is 1.34. The maximum Gasteiger partial charge on any atom is 0.136 e. The van der Waals surface area contributed by atoms with E-state index in [1.54, 1.807) is 0 Å². The van der Waals surface area contributed by atoms with E-state index in [-0.39, 0.29) is 5.92 Å². The molecule has 0 saturated heterocycles. The number of carbonyl (C=O) groups excluding carboxylic acids is 1. The Bertz CT molecular complexity index is 140. The van der Waals surface area contributed by atoms with E-state index in [1.807, 2.05) is 6.92 Å². The Kier molecular flexibility index (Phi) is 3.06. The van der Waals surface area contributed by atoms with E-state index in [0.29, 0.717) is 12.3 Å². The molecule has 0 amide bonds. The lowest BCUT2D eigenvalue weighted by atomic mass is 9.98. The zero-order valence-electron chi connectivity index (χ0n) is 7.18. The molecule has 2 heteroatoms. The van der Waals surface area contributed by atoms with Gasteiger partial charge in [-0.25, -0.2) is 0 Å². The van der Waals surface area contributed by atoms with Crippen molar-refractivity contribution in [2.24, 2.45) is 17.6 Å². The summed E-state index contributed by atoms with van der Waals surface area (Å²) in [5.74, 6) is 1.33. The molecule has 0 spiro atoms. The Balaban J connectivity index is 2.15. The van der Waals surface area contributed by atoms with Gasteiger partial charge in [-0.2, -0.15) is 0 Å². The van der Waals surface area contributed by atoms with E-state index in [2.05, 4.69) is 0 Å². The van der Waals surface area contributed by atoms with Gasteiger partial charge in [0.25, 0.3) is 0 Å². The molecular weight excluding hydrogens is 138 g/mol. The molecule has 0 heterocycles. The minimum atomic E-state index is 0.195. The smallest absolute Gasteiger partial charge is 0.136 e. The maximum absolute atomic E-state index is 11.3. The summed E-state index contributed by atoms with van der Waals surface area (Å²) < 4.78 is 0. The number of nitrogens with two attached hydrogens (primary N) is 1. The molecule has 1 fully saturated rings. The van der Waals surface area contributed by atoms with Gasteiger partial charge < -0.3 is 5.73 Å². The summed E-state index contributed by atoms with van der Waals surface area (Å²) in [6.07, 6.45) is 4.19. The number of hydrogen-bond donors (Lipinski definition) is 1. The van der Waals surface area contributed by atoms with Crippen molar-refractivity contribution < 1.29 is 4.79 Å². The van der Waals surface area contributed by atoms with Gasteiger partial charge in [0.05, 0.1) is 0 Å². The molecule has 0 aromatic heterocycles. The van der Waals surface area contributed by atoms with Crippen LogP contribution < -0.4 is 5.73 Å². The topological polar surface area (TPSA) is 43.1 Å². The van der Waals surface area contributed by atoms with E-state index in [1.165, 1.54) is 12.8 Å². The van der Waals surface area contributed by atoms with Gasteiger partial charge in [-0.3, -0.25) is 4.79 Å². The lowest BCUT2D eigenvalue weighted by molar-refractivity contribution is -0.122. The van der Waals surface area contributed by atoms with Gasteiger partial charge in [-0.05, 0) is 31.7 Å². The lowest BCUT2D eigenvalue weighted by Crippen LogP contribution is -2.15. The molecule has 1 unspecified atom stereocenters. The standard InChI is InChI=1S/C9H17NO/c1-7(4-5-10)9(11)6-8-2-3-8/h7-8H,2-6,10H2,1H3. The van der Waals surface area contributed by atoms with Crippen molar-refractivity contribution in [1.82, 2.24) is 0 Å². The molecule has 2 nitrogen and oxygen atoms in total. The van der Waals surface area contributed by atoms with Gasteiger partial charge >= 0.3 is 0 Å². The number of Topliss-reactive ketones (excluding diaryl/α,β-unsaturated/α-hetero) is 1. The van der Waals surface area contributed by atoms with E-state index in [9.17, 15) is 4.79 Å². The van der Waals surface area contributed by atoms with Crippen molar-refractivity contribution in [2.75, 3.05) is 6.54 Å². The average molecular weight is 155 g/mol. The molecule has 1 rings (SSSR count). The Morgan fingerprint density at radius 1 is 1.64 bits per heavy atom. The molecule has 1 aliphatic carbocycles. The van der Waals surface area contributed by atoms with Gasteiger partial charge in [-0.1, -0.05) is 6.92 Å². The summed E-state index contributed by atoms with van der Waals surface area (Å²) >= 11 is 0. The highest BCUT2D eigenvalue weighted by Gasteiger charge is 2.26. The summed E-state index contributed by atoms with van der Waals surface area (Å²) in [7, 11) is 0. The van der Waals surface area contributed by atoms with Crippen molar-refractivity contribution >= 4 is 5.78 Å². The molecule has 0 aromatic rings. The Hall–Kier alpha value is -0.370. The van der Waals surface area contributed by atoms with Crippen LogP contribution >= 0.6 is 0 Å². The van der Waals surface area contributed by atoms with Crippen molar-refractivity contribution in [1.29, 1.82) is 0 Å². The molecule has 0 aliphatic heterocycles. The van der Waals surface area contributed by atoms with Crippen molar-refractivity contribution in [3.63, 3.8) is 0 Å². The molecule has 0 radical (unpaired) electrons. The third-order valence-electron chi connectivity index (χ3n) is 2.34. The largest absolute Gasteiger partial charge is 0.330 e. The SMILES string of the molecule is CC(CCN)C(=O)CC1CC1. The minimum Gasteiger partial charge on any atom is -0.330 e. The highest BCUT2D eigenvalue weighted by Crippen LogP contribution is 2.33. The highest BCUT2D eigenvalue weighted by atomic mass is 16.1. The number of carbonyl (C=O) groups is 1. The van der Waals surface area contributed by atoms with Crippen LogP contribution in [0.3, 0.4) is 0 Å². The Morgan fingerprint density at radius 2 is 2.27 bits per heavy atom. The van der Waals surface area contributed by atoms with Gasteiger partial charge in [0.2, 0.25) is 0 Å². The summed E-state index contributed by atoms with van der Waals surface area (Å²) in [6.45, 7) is 2.62. The number of ketones is 1. The summed E-state index contributed by atoms with van der Waals surface area (Å²) in [4.78, 5) is 11.3. The second-order valence-corrected chi connectivity index (χ2v) is 3.59. The quantitative estimate of drug-likeness (QED) is 0.651. The van der Waals surface area contributed by atoms with E-state index < -0.39 is 0 Å². The fraction of sp³-hybridized carbons (Fsp3) is 0.889. The summed E-state index contributed by atoms with van der Waals surface area (Å²) in [5, 5.41) is 0. The van der Waals surface area contributed by atoms with Crippen LogP contribution in [0.25, 0.3) is 0 Å². The van der Waals surface area contributed by atoms with E-state index in [0.717, 1.165) is 18.8 Å². The third-order valence-corrected chi connectivity index (χ3v) is 2.34. The fourth-order valence-corrected chi connectivity index (χ4v) is 1.22. The molecule has 0 bridgehead atoms. The molecule has 2 N–H and O–H groups in total. The Morgan fingerprint density at radius 3 is 2.73 bits per heavy atom. The second-order valence-electron chi connectivity index (χ2n) is 3.59. The van der Waals surface area contributed by atoms with Crippen molar-refractivity contribution in [3.05, 3.63) is 0 Å². The number of rotatable bonds is 5. The number of hydrogen-bond acceptors (Lipinski definition) is 2. The molecule has 1 atom stereocenters. The van der Waals surface area contributed by atoms with Crippen LogP contribution in [0.15, 0.2) is 0 Å². The molecule has 11 heavy (non-hydrogen) atoms. The minimum absolute atomic E-state index is 0.195. The predicted molar refractivity (Wildman–Crippen MR) is 45.2 cm³/mol. The molecular formula is C9H17NO. The van der Waals surface area contributed by atoms with Crippen LogP contribution in [-0.4, -0.2) is 12.3 Å². The van der Waals surface area contributed by atoms with Gasteiger partial charge in [0.15, 0.2) is 0 Å². The monoisotopic (exact) mass is 155 g/mol. The first-order chi connectivity index (χ1) is 5.24. The van der Waals surface area contributed by atoms with E-state index in [4.69, 9.17) is 5.73 Å². The van der Waals surface area contributed by atoms with Crippen LogP contribution in [0.2, 0.25) is 0 Å². The lowest BCUT2D eigenvalue weighted by Gasteiger charge is -2.07. The molecule has 1 saturated carbocycles. The van der Waals surface area contributed by atoms with Crippen molar-refractivity contribution in [2.45, 2.75) is 32.6 Å². The van der Waals surface area contributed by atoms with Crippen LogP contribution in [0, 0.1) is 11.8 Å². The van der Waals surface area contributed by atoms with E-state index >= 15 is 0 Å². The molecule has 1 aliphatic rings. The van der Waals surface area contributed by atoms with Crippen LogP contribution in [-0.2, 0) is 4.79 Å². The van der Waals surface area contributed by atoms with Crippen LogP contribution in [0.5, 0.6) is 0 Å². The Labute approximate surface area is 68.2 Å². The summed E-state index contributed by atoms with van der Waals surface area (Å²) in [6, 6.07) is 0. The van der Waals surface area contributed by atoms with Gasteiger partial charge in [0.1, 0.15) is 5.78 Å². The summed E-state index contributed by atoms with van der Waals surface area (Å²) in [5.41, 5.74) is 5.36. The van der Waals surface area contributed by atoms with Gasteiger partial charge in [-0.15, -0.1) is 0 Å². The fourth-order valence-electron chi connectivity index (χ4n) is 1.22. The van der Waals surface area contributed by atoms with Gasteiger partial charge in [0, 0.05) is 12.3 Å². The first kappa shape index (κ1) is 8.72. The normalized spacial score (nSPS) is 19.8. The molecule has 0 aromatic carbocycles. The maximum atomic E-state index is 11.3. The van der Waals surface area contributed by atoms with Crippen LogP contribution in [0.1, 0.15) is 32.6 Å². The average Bonchev–Trinajstić information content (AvgIpc) is 2.72. The first-order valence-corrected chi connectivity index (χ1v) is 4.46. The van der Waals surface area contributed by atoms with Crippen LogP contribution in [0.4, 0.5) is 0 Å². The highest BCUT2D eigenvalue weighted by molar-refractivity contribution is 5.81. The first-order valence-electron chi connectivity index (χ1n) is 4.46. The van der Waals surface area contributed by atoms with Crippen molar-refractivity contribution in [3.8, 4) is 0 Å². The third kappa shape index (κ3) is 3.02.